The first-order valence-corrected chi connectivity index (χ1v) is 4.90. The van der Waals surface area contributed by atoms with Gasteiger partial charge in [0.2, 0.25) is 0 Å². The Labute approximate surface area is 82.9 Å². The molecule has 0 atom stereocenters. The molecule has 0 saturated carbocycles. The molecule has 1 N–H and O–H groups in total. The highest BCUT2D eigenvalue weighted by molar-refractivity contribution is 5.25. The van der Waals surface area contributed by atoms with E-state index in [0.29, 0.717) is 13.2 Å². The van der Waals surface area contributed by atoms with E-state index in [1.165, 1.54) is 0 Å². The fourth-order valence-electron chi connectivity index (χ4n) is 1.95. The van der Waals surface area contributed by atoms with Gasteiger partial charge in [0.15, 0.2) is 0 Å². The number of aromatic nitrogens is 2. The van der Waals surface area contributed by atoms with Crippen LogP contribution in [0.25, 0.3) is 0 Å². The fraction of sp³-hybridized carbons (Fsp3) is 0.700. The van der Waals surface area contributed by atoms with E-state index < -0.39 is 0 Å². The molecule has 78 valence electrons. The van der Waals surface area contributed by atoms with Gasteiger partial charge in [-0.05, 0) is 5.41 Å². The number of fused-ring (bicyclic) bond motifs is 1. The van der Waals surface area contributed by atoms with Gasteiger partial charge in [-0.3, -0.25) is 14.6 Å². The van der Waals surface area contributed by atoms with E-state index in [9.17, 15) is 4.79 Å². The van der Waals surface area contributed by atoms with Crippen LogP contribution in [0.3, 0.4) is 0 Å². The van der Waals surface area contributed by atoms with Crippen molar-refractivity contribution in [3.05, 3.63) is 21.6 Å². The van der Waals surface area contributed by atoms with Crippen LogP contribution in [0.4, 0.5) is 0 Å². The molecule has 0 bridgehead atoms. The Balaban J connectivity index is 2.59. The predicted octanol–water partition coefficient (Wildman–Crippen LogP) is 1.00. The number of aromatic amines is 1. The molecule has 0 aliphatic carbocycles. The summed E-state index contributed by atoms with van der Waals surface area (Å²) in [4.78, 5) is 11.7. The summed E-state index contributed by atoms with van der Waals surface area (Å²) in [5.41, 5.74) is 1.78. The Morgan fingerprint density at radius 3 is 2.79 bits per heavy atom. The van der Waals surface area contributed by atoms with E-state index in [1.54, 1.807) is 0 Å². The summed E-state index contributed by atoms with van der Waals surface area (Å²) in [7, 11) is 0. The average molecular weight is 196 g/mol. The number of hydrogen-bond donors (Lipinski definition) is 1. The van der Waals surface area contributed by atoms with Crippen LogP contribution in [0.1, 0.15) is 32.0 Å². The van der Waals surface area contributed by atoms with Crippen molar-refractivity contribution in [2.24, 2.45) is 0 Å². The van der Waals surface area contributed by atoms with Gasteiger partial charge < -0.3 is 4.74 Å². The minimum absolute atomic E-state index is 0.0259. The molecular formula is C10H16N2O2. The van der Waals surface area contributed by atoms with Crippen molar-refractivity contribution in [2.75, 3.05) is 6.61 Å². The van der Waals surface area contributed by atoms with Gasteiger partial charge in [0.25, 0.3) is 5.56 Å². The highest BCUT2D eigenvalue weighted by atomic mass is 16.5. The quantitative estimate of drug-likeness (QED) is 0.673. The summed E-state index contributed by atoms with van der Waals surface area (Å²) in [5.74, 6) is 0. The number of H-pyrrole nitrogens is 1. The molecule has 2 heterocycles. The molecule has 0 unspecified atom stereocenters. The Morgan fingerprint density at radius 1 is 1.43 bits per heavy atom. The maximum atomic E-state index is 11.7. The summed E-state index contributed by atoms with van der Waals surface area (Å²) in [6.07, 6.45) is 0. The third kappa shape index (κ3) is 1.39. The molecule has 1 aliphatic rings. The lowest BCUT2D eigenvalue weighted by Crippen LogP contribution is -2.23. The van der Waals surface area contributed by atoms with Gasteiger partial charge in [-0.1, -0.05) is 20.8 Å². The normalized spacial score (nSPS) is 16.8. The van der Waals surface area contributed by atoms with Gasteiger partial charge in [-0.25, -0.2) is 0 Å². The number of hydrogen-bond acceptors (Lipinski definition) is 2. The van der Waals surface area contributed by atoms with E-state index in [0.717, 1.165) is 17.8 Å². The molecule has 4 heteroatoms. The zero-order valence-corrected chi connectivity index (χ0v) is 8.89. The number of nitrogens with one attached hydrogen (secondary N) is 1. The first-order valence-electron chi connectivity index (χ1n) is 4.90. The molecule has 0 amide bonds. The molecule has 1 aliphatic heterocycles. The van der Waals surface area contributed by atoms with Crippen molar-refractivity contribution in [2.45, 2.75) is 39.3 Å². The van der Waals surface area contributed by atoms with Crippen LogP contribution in [-0.4, -0.2) is 16.4 Å². The lowest BCUT2D eigenvalue weighted by atomic mass is 9.87. The maximum Gasteiger partial charge on any atom is 0.268 e. The molecule has 1 aromatic rings. The molecule has 14 heavy (non-hydrogen) atoms. The van der Waals surface area contributed by atoms with Crippen molar-refractivity contribution in [1.82, 2.24) is 9.78 Å². The molecule has 4 nitrogen and oxygen atoms in total. The second-order valence-corrected chi connectivity index (χ2v) is 4.72. The van der Waals surface area contributed by atoms with Crippen LogP contribution in [0.15, 0.2) is 4.79 Å². The Kier molecular flexibility index (Phi) is 2.03. The highest BCUT2D eigenvalue weighted by Crippen LogP contribution is 2.24. The molecule has 0 aromatic carbocycles. The lowest BCUT2D eigenvalue weighted by molar-refractivity contribution is 0.0787. The van der Waals surface area contributed by atoms with Gasteiger partial charge in [-0.2, -0.15) is 0 Å². The summed E-state index contributed by atoms with van der Waals surface area (Å²) in [6.45, 7) is 8.13. The van der Waals surface area contributed by atoms with Gasteiger partial charge in [0, 0.05) is 5.56 Å². The average Bonchev–Trinajstić information content (AvgIpc) is 2.38. The number of nitrogens with zero attached hydrogens (tertiary/aromatic N) is 1. The fourth-order valence-corrected chi connectivity index (χ4v) is 1.95. The van der Waals surface area contributed by atoms with Gasteiger partial charge in [0.1, 0.15) is 0 Å². The van der Waals surface area contributed by atoms with Crippen molar-refractivity contribution < 1.29 is 4.74 Å². The summed E-state index contributed by atoms with van der Waals surface area (Å²) in [6, 6.07) is 0. The summed E-state index contributed by atoms with van der Waals surface area (Å²) >= 11 is 0. The highest BCUT2D eigenvalue weighted by Gasteiger charge is 2.27. The second-order valence-electron chi connectivity index (χ2n) is 4.72. The third-order valence-electron chi connectivity index (χ3n) is 2.53. The standard InChI is InChI=1S/C10H16N2O2/c1-10(2,3)8-7-6-14-5-4-12(7)11-9(8)13/h4-6H2,1-3H3,(H,11,13). The maximum absolute atomic E-state index is 11.7. The van der Waals surface area contributed by atoms with Crippen LogP contribution < -0.4 is 5.56 Å². The van der Waals surface area contributed by atoms with Gasteiger partial charge in [-0.15, -0.1) is 0 Å². The lowest BCUT2D eigenvalue weighted by Gasteiger charge is -2.21. The number of rotatable bonds is 0. The molecule has 1 aromatic heterocycles. The molecule has 0 fully saturated rings. The summed E-state index contributed by atoms with van der Waals surface area (Å²) < 4.78 is 7.27. The molecule has 2 rings (SSSR count). The monoisotopic (exact) mass is 196 g/mol. The summed E-state index contributed by atoms with van der Waals surface area (Å²) in [5, 5.41) is 2.85. The SMILES string of the molecule is CC(C)(C)c1c2n([nH]c1=O)CCOC2. The van der Waals surface area contributed by atoms with Gasteiger partial charge in [0.05, 0.1) is 25.5 Å². The minimum atomic E-state index is -0.116. The van der Waals surface area contributed by atoms with Crippen LogP contribution >= 0.6 is 0 Å². The molecule has 0 radical (unpaired) electrons. The topological polar surface area (TPSA) is 47.0 Å². The number of ether oxygens (including phenoxy) is 1. The Morgan fingerprint density at radius 2 is 2.14 bits per heavy atom. The molecular weight excluding hydrogens is 180 g/mol. The van der Waals surface area contributed by atoms with Crippen LogP contribution in [-0.2, 0) is 23.3 Å². The van der Waals surface area contributed by atoms with Crippen LogP contribution in [0.5, 0.6) is 0 Å². The van der Waals surface area contributed by atoms with Crippen molar-refractivity contribution >= 4 is 0 Å². The second kappa shape index (κ2) is 2.98. The third-order valence-corrected chi connectivity index (χ3v) is 2.53. The van der Waals surface area contributed by atoms with Crippen molar-refractivity contribution in [3.63, 3.8) is 0 Å². The smallest absolute Gasteiger partial charge is 0.268 e. The van der Waals surface area contributed by atoms with E-state index in [1.807, 2.05) is 25.5 Å². The first kappa shape index (κ1) is 9.52. The van der Waals surface area contributed by atoms with Gasteiger partial charge >= 0.3 is 0 Å². The predicted molar refractivity (Wildman–Crippen MR) is 53.4 cm³/mol. The van der Waals surface area contributed by atoms with E-state index in [2.05, 4.69) is 5.10 Å². The van der Waals surface area contributed by atoms with Crippen molar-refractivity contribution in [1.29, 1.82) is 0 Å². The Hall–Kier alpha value is -1.03. The van der Waals surface area contributed by atoms with Crippen LogP contribution in [0, 0.1) is 0 Å². The van der Waals surface area contributed by atoms with E-state index in [-0.39, 0.29) is 11.0 Å². The van der Waals surface area contributed by atoms with E-state index >= 15 is 0 Å². The zero-order chi connectivity index (χ0) is 10.3. The first-order chi connectivity index (χ1) is 6.50. The van der Waals surface area contributed by atoms with Crippen LogP contribution in [0.2, 0.25) is 0 Å². The van der Waals surface area contributed by atoms with E-state index in [4.69, 9.17) is 4.74 Å². The largest absolute Gasteiger partial charge is 0.373 e. The zero-order valence-electron chi connectivity index (χ0n) is 8.89. The molecule has 0 saturated heterocycles. The Bertz CT molecular complexity index is 395. The minimum Gasteiger partial charge on any atom is -0.373 e. The molecule has 0 spiro atoms. The van der Waals surface area contributed by atoms with Crippen molar-refractivity contribution in [3.8, 4) is 0 Å².